The maximum absolute atomic E-state index is 11.9. The summed E-state index contributed by atoms with van der Waals surface area (Å²) >= 11 is 0. The molecule has 0 saturated heterocycles. The second-order valence-electron chi connectivity index (χ2n) is 3.91. The van der Waals surface area contributed by atoms with Gasteiger partial charge in [0.15, 0.2) is 0 Å². The number of rotatable bonds is 6. The Kier molecular flexibility index (Phi) is 5.62. The van der Waals surface area contributed by atoms with Gasteiger partial charge < -0.3 is 10.1 Å². The van der Waals surface area contributed by atoms with Crippen molar-refractivity contribution >= 4 is 25.6 Å². The van der Waals surface area contributed by atoms with Crippen molar-refractivity contribution in [2.75, 3.05) is 13.7 Å². The van der Waals surface area contributed by atoms with Gasteiger partial charge in [-0.25, -0.2) is 8.42 Å². The quantitative estimate of drug-likeness (QED) is 0.645. The Labute approximate surface area is 117 Å². The molecule has 7 heteroatoms. The summed E-state index contributed by atoms with van der Waals surface area (Å²) in [7, 11) is 2.79. The number of carbonyl (C=O) groups excluding carboxylic acids is 1. The molecule has 106 valence electrons. The number of hydrogen-bond acceptors (Lipinski definition) is 4. The second kappa shape index (κ2) is 6.77. The lowest BCUT2D eigenvalue weighted by Gasteiger charge is -2.10. The van der Waals surface area contributed by atoms with E-state index in [1.807, 2.05) is 6.92 Å². The van der Waals surface area contributed by atoms with Crippen LogP contribution in [-0.2, 0) is 9.05 Å². The van der Waals surface area contributed by atoms with Gasteiger partial charge in [0.2, 0.25) is 0 Å². The molecule has 0 heterocycles. The maximum atomic E-state index is 11.9. The standard InChI is InChI=1S/C12H16ClNO4S/c1-3-4-7-14-12(15)10-8-9(19(13,16)17)5-6-11(10)18-2/h5-6,8H,3-4,7H2,1-2H3,(H,14,15). The largest absolute Gasteiger partial charge is 0.496 e. The fourth-order valence-corrected chi connectivity index (χ4v) is 2.27. The summed E-state index contributed by atoms with van der Waals surface area (Å²) in [5, 5.41) is 2.70. The minimum absolute atomic E-state index is 0.129. The first-order valence-corrected chi connectivity index (χ1v) is 8.12. The summed E-state index contributed by atoms with van der Waals surface area (Å²) in [4.78, 5) is 11.8. The second-order valence-corrected chi connectivity index (χ2v) is 6.48. The number of nitrogens with one attached hydrogen (secondary N) is 1. The number of ether oxygens (including phenoxy) is 1. The van der Waals surface area contributed by atoms with Crippen LogP contribution in [0, 0.1) is 0 Å². The average molecular weight is 306 g/mol. The van der Waals surface area contributed by atoms with Crippen LogP contribution in [0.3, 0.4) is 0 Å². The van der Waals surface area contributed by atoms with Crippen LogP contribution in [0.1, 0.15) is 30.1 Å². The minimum Gasteiger partial charge on any atom is -0.496 e. The third-order valence-electron chi connectivity index (χ3n) is 2.51. The molecule has 0 radical (unpaired) electrons. The van der Waals surface area contributed by atoms with Crippen molar-refractivity contribution < 1.29 is 17.9 Å². The molecule has 0 bridgehead atoms. The molecule has 0 aromatic heterocycles. The summed E-state index contributed by atoms with van der Waals surface area (Å²) < 4.78 is 27.6. The van der Waals surface area contributed by atoms with Gasteiger partial charge in [-0.1, -0.05) is 13.3 Å². The van der Waals surface area contributed by atoms with E-state index < -0.39 is 9.05 Å². The highest BCUT2D eigenvalue weighted by molar-refractivity contribution is 8.13. The number of amides is 1. The first-order chi connectivity index (χ1) is 8.90. The van der Waals surface area contributed by atoms with Gasteiger partial charge in [-0.3, -0.25) is 4.79 Å². The van der Waals surface area contributed by atoms with Crippen LogP contribution in [0.15, 0.2) is 23.1 Å². The monoisotopic (exact) mass is 305 g/mol. The van der Waals surface area contributed by atoms with Crippen molar-refractivity contribution in [3.63, 3.8) is 0 Å². The molecular formula is C12H16ClNO4S. The van der Waals surface area contributed by atoms with Crippen molar-refractivity contribution in [1.29, 1.82) is 0 Å². The first-order valence-electron chi connectivity index (χ1n) is 5.81. The van der Waals surface area contributed by atoms with Crippen molar-refractivity contribution in [1.82, 2.24) is 5.32 Å². The lowest BCUT2D eigenvalue weighted by Crippen LogP contribution is -2.25. The zero-order valence-electron chi connectivity index (χ0n) is 10.8. The van der Waals surface area contributed by atoms with Crippen molar-refractivity contribution in [2.24, 2.45) is 0 Å². The smallest absolute Gasteiger partial charge is 0.261 e. The van der Waals surface area contributed by atoms with E-state index >= 15 is 0 Å². The fraction of sp³-hybridized carbons (Fsp3) is 0.417. The van der Waals surface area contributed by atoms with Crippen LogP contribution in [0.5, 0.6) is 5.75 Å². The topological polar surface area (TPSA) is 72.5 Å². The summed E-state index contributed by atoms with van der Waals surface area (Å²) in [5.41, 5.74) is 0.153. The molecule has 5 nitrogen and oxygen atoms in total. The SMILES string of the molecule is CCCCNC(=O)c1cc(S(=O)(=O)Cl)ccc1OC. The van der Waals surface area contributed by atoms with Crippen LogP contribution >= 0.6 is 10.7 Å². The van der Waals surface area contributed by atoms with Gasteiger partial charge in [0.05, 0.1) is 17.6 Å². The molecule has 0 atom stereocenters. The van der Waals surface area contributed by atoms with Gasteiger partial charge in [0, 0.05) is 17.2 Å². The predicted octanol–water partition coefficient (Wildman–Crippen LogP) is 2.15. The van der Waals surface area contributed by atoms with Crippen LogP contribution in [0.4, 0.5) is 0 Å². The Morgan fingerprint density at radius 1 is 1.42 bits per heavy atom. The van der Waals surface area contributed by atoms with E-state index in [0.29, 0.717) is 12.3 Å². The van der Waals surface area contributed by atoms with Crippen LogP contribution in [0.2, 0.25) is 0 Å². The third kappa shape index (κ3) is 4.40. The highest BCUT2D eigenvalue weighted by atomic mass is 35.7. The number of halogens is 1. The zero-order valence-corrected chi connectivity index (χ0v) is 12.3. The van der Waals surface area contributed by atoms with Crippen molar-refractivity contribution in [3.8, 4) is 5.75 Å². The molecule has 0 aliphatic heterocycles. The molecule has 1 amide bonds. The van der Waals surface area contributed by atoms with Gasteiger partial charge in [-0.2, -0.15) is 0 Å². The van der Waals surface area contributed by atoms with Crippen LogP contribution in [0.25, 0.3) is 0 Å². The highest BCUT2D eigenvalue weighted by Crippen LogP contribution is 2.24. The molecule has 19 heavy (non-hydrogen) atoms. The molecule has 0 unspecified atom stereocenters. The number of carbonyl (C=O) groups is 1. The van der Waals surface area contributed by atoms with Gasteiger partial charge >= 0.3 is 0 Å². The summed E-state index contributed by atoms with van der Waals surface area (Å²) in [6.45, 7) is 2.53. The van der Waals surface area contributed by atoms with Crippen molar-refractivity contribution in [2.45, 2.75) is 24.7 Å². The number of unbranched alkanes of at least 4 members (excludes halogenated alkanes) is 1. The van der Waals surface area contributed by atoms with E-state index in [2.05, 4.69) is 5.32 Å². The van der Waals surface area contributed by atoms with Crippen molar-refractivity contribution in [3.05, 3.63) is 23.8 Å². The van der Waals surface area contributed by atoms with E-state index in [-0.39, 0.29) is 16.4 Å². The maximum Gasteiger partial charge on any atom is 0.261 e. The highest BCUT2D eigenvalue weighted by Gasteiger charge is 2.17. The molecule has 0 saturated carbocycles. The molecule has 1 N–H and O–H groups in total. The Morgan fingerprint density at radius 3 is 2.63 bits per heavy atom. The summed E-state index contributed by atoms with van der Waals surface area (Å²) in [6.07, 6.45) is 1.80. The van der Waals surface area contributed by atoms with Gasteiger partial charge in [-0.05, 0) is 24.6 Å². The van der Waals surface area contributed by atoms with E-state index in [1.54, 1.807) is 0 Å². The Balaban J connectivity index is 3.06. The predicted molar refractivity (Wildman–Crippen MR) is 73.3 cm³/mol. The number of methoxy groups -OCH3 is 1. The van der Waals surface area contributed by atoms with E-state index in [9.17, 15) is 13.2 Å². The van der Waals surface area contributed by atoms with Gasteiger partial charge in [0.1, 0.15) is 5.75 Å². The third-order valence-corrected chi connectivity index (χ3v) is 3.86. The molecule has 0 fully saturated rings. The van der Waals surface area contributed by atoms with Crippen LogP contribution in [-0.4, -0.2) is 28.0 Å². The lowest BCUT2D eigenvalue weighted by atomic mass is 10.2. The number of hydrogen-bond donors (Lipinski definition) is 1. The first kappa shape index (κ1) is 15.8. The minimum atomic E-state index is -3.87. The Morgan fingerprint density at radius 2 is 2.11 bits per heavy atom. The zero-order chi connectivity index (χ0) is 14.5. The normalized spacial score (nSPS) is 11.1. The molecule has 0 aliphatic carbocycles. The molecule has 0 spiro atoms. The van der Waals surface area contributed by atoms with Gasteiger partial charge in [0.25, 0.3) is 15.0 Å². The van der Waals surface area contributed by atoms with E-state index in [0.717, 1.165) is 12.8 Å². The van der Waals surface area contributed by atoms with E-state index in [4.69, 9.17) is 15.4 Å². The lowest BCUT2D eigenvalue weighted by molar-refractivity contribution is 0.0950. The molecule has 1 aromatic carbocycles. The van der Waals surface area contributed by atoms with E-state index in [1.165, 1.54) is 25.3 Å². The number of benzene rings is 1. The molecule has 1 aromatic rings. The Hall–Kier alpha value is -1.27. The average Bonchev–Trinajstić information content (AvgIpc) is 2.37. The molecule has 1 rings (SSSR count). The molecular weight excluding hydrogens is 290 g/mol. The van der Waals surface area contributed by atoms with Gasteiger partial charge in [-0.15, -0.1) is 0 Å². The Bertz CT molecular complexity index is 557. The summed E-state index contributed by atoms with van der Waals surface area (Å²) in [6, 6.07) is 3.91. The molecule has 0 aliphatic rings. The fourth-order valence-electron chi connectivity index (χ4n) is 1.49. The van der Waals surface area contributed by atoms with Crippen LogP contribution < -0.4 is 10.1 Å². The summed E-state index contributed by atoms with van der Waals surface area (Å²) in [5.74, 6) is -0.0782.